The first-order valence-electron chi connectivity index (χ1n) is 11.2. The van der Waals surface area contributed by atoms with Crippen LogP contribution in [-0.4, -0.2) is 44.9 Å². The van der Waals surface area contributed by atoms with E-state index in [9.17, 15) is 9.46 Å². The largest absolute Gasteiger partial charge is 0.756 e. The molecule has 27 heavy (non-hydrogen) atoms. The van der Waals surface area contributed by atoms with Gasteiger partial charge in [0.1, 0.15) is 13.2 Å². The molecule has 0 amide bonds. The molecule has 2 unspecified atom stereocenters. The van der Waals surface area contributed by atoms with Crippen LogP contribution in [-0.2, 0) is 13.6 Å². The maximum Gasteiger partial charge on any atom is 0.268 e. The number of likely N-dealkylation sites (N-methyl/N-ethyl adjacent to an activating group) is 1. The van der Waals surface area contributed by atoms with Crippen LogP contribution >= 0.6 is 7.82 Å². The molecule has 0 bridgehead atoms. The van der Waals surface area contributed by atoms with E-state index in [4.69, 9.17) is 9.05 Å². The molecule has 0 aromatic heterocycles. The number of quaternary nitrogens is 1. The van der Waals surface area contributed by atoms with Crippen LogP contribution in [0.3, 0.4) is 0 Å². The second-order valence-corrected chi connectivity index (χ2v) is 9.91. The highest BCUT2D eigenvalue weighted by atomic mass is 31.2. The van der Waals surface area contributed by atoms with E-state index in [1.54, 1.807) is 0 Å². The molecule has 0 aromatic rings. The fourth-order valence-electron chi connectivity index (χ4n) is 3.14. The Kier molecular flexibility index (Phi) is 16.0. The van der Waals surface area contributed by atoms with E-state index >= 15 is 0 Å². The van der Waals surface area contributed by atoms with Crippen molar-refractivity contribution in [3.05, 3.63) is 0 Å². The Bertz CT molecular complexity index is 390. The van der Waals surface area contributed by atoms with Gasteiger partial charge in [-0.1, -0.05) is 72.1 Å². The summed E-state index contributed by atoms with van der Waals surface area (Å²) in [4.78, 5) is 12.0. The molecular weight excluding hydrogens is 361 g/mol. The second-order valence-electron chi connectivity index (χ2n) is 8.50. The maximum absolute atomic E-state index is 12.0. The third kappa shape index (κ3) is 16.7. The van der Waals surface area contributed by atoms with Crippen molar-refractivity contribution in [3.8, 4) is 0 Å². The molecule has 0 spiro atoms. The third-order valence-corrected chi connectivity index (χ3v) is 6.29. The van der Waals surface area contributed by atoms with Crippen molar-refractivity contribution in [1.29, 1.82) is 0 Å². The van der Waals surface area contributed by atoms with Crippen LogP contribution < -0.4 is 4.89 Å². The molecule has 0 heterocycles. The van der Waals surface area contributed by atoms with Crippen LogP contribution in [0.2, 0.25) is 0 Å². The Morgan fingerprint density at radius 1 is 0.852 bits per heavy atom. The quantitative estimate of drug-likeness (QED) is 0.160. The zero-order valence-electron chi connectivity index (χ0n) is 18.7. The number of hydrogen-bond acceptors (Lipinski definition) is 4. The van der Waals surface area contributed by atoms with E-state index in [0.717, 1.165) is 36.7 Å². The molecule has 0 aliphatic rings. The van der Waals surface area contributed by atoms with Crippen molar-refractivity contribution in [2.75, 3.05) is 40.4 Å². The summed E-state index contributed by atoms with van der Waals surface area (Å²) in [5.74, 6) is 0.292. The average molecular weight is 408 g/mol. The summed E-state index contributed by atoms with van der Waals surface area (Å²) in [6.45, 7) is 8.62. The molecule has 0 N–H and O–H groups in total. The van der Waals surface area contributed by atoms with Crippen molar-refractivity contribution < 1.29 is 23.0 Å². The predicted octanol–water partition coefficient (Wildman–Crippen LogP) is 5.53. The first-order valence-corrected chi connectivity index (χ1v) is 12.6. The Balaban J connectivity index is 3.93. The lowest BCUT2D eigenvalue weighted by Crippen LogP contribution is -2.43. The van der Waals surface area contributed by atoms with E-state index < -0.39 is 7.82 Å². The topological polar surface area (TPSA) is 58.6 Å². The van der Waals surface area contributed by atoms with Gasteiger partial charge in [-0.25, -0.2) is 0 Å². The van der Waals surface area contributed by atoms with Gasteiger partial charge in [0.25, 0.3) is 7.82 Å². The van der Waals surface area contributed by atoms with Gasteiger partial charge in [0.15, 0.2) is 0 Å². The van der Waals surface area contributed by atoms with Crippen molar-refractivity contribution in [2.24, 2.45) is 5.92 Å². The highest BCUT2D eigenvalue weighted by Gasteiger charge is 2.18. The number of hydrogen-bond donors (Lipinski definition) is 0. The lowest BCUT2D eigenvalue weighted by molar-refractivity contribution is -0.890. The first kappa shape index (κ1) is 27.1. The fraction of sp³-hybridized carbons (Fsp3) is 1.00. The molecule has 0 fully saturated rings. The molecule has 0 saturated heterocycles. The summed E-state index contributed by atoms with van der Waals surface area (Å²) in [5, 5.41) is 0. The molecule has 164 valence electrons. The lowest BCUT2D eigenvalue weighted by Gasteiger charge is -2.31. The number of phosphoric ester groups is 1. The Morgan fingerprint density at radius 3 is 2.04 bits per heavy atom. The first-order chi connectivity index (χ1) is 12.8. The molecule has 2 atom stereocenters. The number of unbranched alkanes of at least 4 members (excludes halogenated alkanes) is 7. The minimum atomic E-state index is -4.19. The van der Waals surface area contributed by atoms with Gasteiger partial charge in [0.05, 0.1) is 27.2 Å². The summed E-state index contributed by atoms with van der Waals surface area (Å²) in [6.07, 6.45) is 13.2. The Morgan fingerprint density at radius 2 is 1.44 bits per heavy atom. The van der Waals surface area contributed by atoms with Crippen molar-refractivity contribution in [1.82, 2.24) is 0 Å². The Hall–Kier alpha value is 0.0700. The van der Waals surface area contributed by atoms with Gasteiger partial charge in [-0.15, -0.1) is 0 Å². The van der Waals surface area contributed by atoms with Gasteiger partial charge in [-0.3, -0.25) is 4.57 Å². The normalized spacial score (nSPS) is 15.6. The minimum absolute atomic E-state index is 0.191. The number of rotatable bonds is 19. The van der Waals surface area contributed by atoms with Crippen LogP contribution in [0.15, 0.2) is 0 Å². The maximum atomic E-state index is 12.0. The van der Waals surface area contributed by atoms with Gasteiger partial charge >= 0.3 is 0 Å². The SMILES string of the molecule is CCCCCCCCC[N+](C)(C)CCOP(=O)([O-])OCC(CC)CCCC. The average Bonchev–Trinajstić information content (AvgIpc) is 2.60. The molecule has 0 aliphatic carbocycles. The van der Waals surface area contributed by atoms with Crippen LogP contribution in [0.25, 0.3) is 0 Å². The van der Waals surface area contributed by atoms with Gasteiger partial charge in [-0.2, -0.15) is 0 Å². The van der Waals surface area contributed by atoms with Crippen LogP contribution in [0.5, 0.6) is 0 Å². The van der Waals surface area contributed by atoms with Crippen LogP contribution in [0.4, 0.5) is 0 Å². The summed E-state index contributed by atoms with van der Waals surface area (Å²) in [6, 6.07) is 0. The van der Waals surface area contributed by atoms with E-state index in [1.807, 2.05) is 0 Å². The van der Waals surface area contributed by atoms with Gasteiger partial charge < -0.3 is 18.4 Å². The van der Waals surface area contributed by atoms with Crippen molar-refractivity contribution >= 4 is 7.82 Å². The van der Waals surface area contributed by atoms with E-state index in [2.05, 4.69) is 34.9 Å². The summed E-state index contributed by atoms with van der Waals surface area (Å²) >= 11 is 0. The number of phosphoric acid groups is 1. The summed E-state index contributed by atoms with van der Waals surface area (Å²) < 4.78 is 23.0. The highest BCUT2D eigenvalue weighted by Crippen LogP contribution is 2.39. The second kappa shape index (κ2) is 15.9. The van der Waals surface area contributed by atoms with Crippen LogP contribution in [0, 0.1) is 5.92 Å². The number of nitrogens with zero attached hydrogens (tertiary/aromatic N) is 1. The molecule has 0 radical (unpaired) electrons. The molecule has 0 saturated carbocycles. The molecule has 6 heteroatoms. The molecule has 0 aliphatic heterocycles. The van der Waals surface area contributed by atoms with E-state index in [1.165, 1.54) is 44.9 Å². The molecule has 5 nitrogen and oxygen atoms in total. The van der Waals surface area contributed by atoms with Gasteiger partial charge in [0.2, 0.25) is 0 Å². The summed E-state index contributed by atoms with van der Waals surface area (Å²) in [5.41, 5.74) is 0. The highest BCUT2D eigenvalue weighted by molar-refractivity contribution is 7.45. The van der Waals surface area contributed by atoms with E-state index in [0.29, 0.717) is 12.5 Å². The predicted molar refractivity (Wildman–Crippen MR) is 113 cm³/mol. The van der Waals surface area contributed by atoms with Gasteiger partial charge in [-0.05, 0) is 25.2 Å². The molecule has 0 aromatic carbocycles. The minimum Gasteiger partial charge on any atom is -0.756 e. The smallest absolute Gasteiger partial charge is 0.268 e. The van der Waals surface area contributed by atoms with Crippen LogP contribution in [0.1, 0.15) is 91.4 Å². The monoisotopic (exact) mass is 407 g/mol. The zero-order chi connectivity index (χ0) is 20.6. The molecule has 0 rings (SSSR count). The summed E-state index contributed by atoms with van der Waals surface area (Å²) in [7, 11) is 0.0825. The van der Waals surface area contributed by atoms with E-state index in [-0.39, 0.29) is 13.2 Å². The Labute approximate surface area is 169 Å². The molecular formula is C21H46NO4P. The van der Waals surface area contributed by atoms with Gasteiger partial charge in [0, 0.05) is 0 Å². The lowest BCUT2D eigenvalue weighted by atomic mass is 10.0. The standard InChI is InChI=1S/C21H46NO4P/c1-6-9-11-12-13-14-15-17-22(4,5)18-19-25-27(23,24)26-20-21(8-3)16-10-7-2/h21H,6-20H2,1-5H3. The zero-order valence-corrected chi connectivity index (χ0v) is 19.6. The fourth-order valence-corrected chi connectivity index (χ4v) is 3.91. The third-order valence-electron chi connectivity index (χ3n) is 5.32. The van der Waals surface area contributed by atoms with Crippen molar-refractivity contribution in [3.63, 3.8) is 0 Å². The van der Waals surface area contributed by atoms with Crippen molar-refractivity contribution in [2.45, 2.75) is 91.4 Å².